The van der Waals surface area contributed by atoms with Crippen molar-refractivity contribution in [3.8, 4) is 0 Å². The molecule has 0 bridgehead atoms. The predicted molar refractivity (Wildman–Crippen MR) is 93.8 cm³/mol. The molecule has 130 valence electrons. The first kappa shape index (κ1) is 16.9. The van der Waals surface area contributed by atoms with Crippen LogP contribution in [-0.4, -0.2) is 45.3 Å². The van der Waals surface area contributed by atoms with Crippen molar-refractivity contribution >= 4 is 17.4 Å². The first-order valence-electron chi connectivity index (χ1n) is 8.43. The molecule has 2 amide bonds. The van der Waals surface area contributed by atoms with Crippen molar-refractivity contribution in [1.29, 1.82) is 0 Å². The lowest BCUT2D eigenvalue weighted by atomic mass is 10.2. The molecule has 8 heteroatoms. The summed E-state index contributed by atoms with van der Waals surface area (Å²) in [6, 6.07) is 4.32. The molecular formula is C16H24N6OS. The third-order valence-electron chi connectivity index (χ3n) is 4.35. The van der Waals surface area contributed by atoms with Crippen LogP contribution >= 0.6 is 11.3 Å². The highest BCUT2D eigenvalue weighted by Gasteiger charge is 2.24. The quantitative estimate of drug-likeness (QED) is 0.802. The summed E-state index contributed by atoms with van der Waals surface area (Å²) in [5.41, 5.74) is 0. The van der Waals surface area contributed by atoms with E-state index in [-0.39, 0.29) is 12.1 Å². The molecule has 0 aliphatic carbocycles. The fourth-order valence-electron chi connectivity index (χ4n) is 3.03. The number of thiophene rings is 1. The number of nitrogens with zero attached hydrogens (tertiary/aromatic N) is 4. The molecule has 0 radical (unpaired) electrons. The number of aromatic nitrogens is 3. The molecule has 1 atom stereocenters. The van der Waals surface area contributed by atoms with E-state index in [1.54, 1.807) is 17.7 Å². The molecule has 1 aliphatic heterocycles. The van der Waals surface area contributed by atoms with Gasteiger partial charge in [0.15, 0.2) is 5.82 Å². The predicted octanol–water partition coefficient (Wildman–Crippen LogP) is 2.00. The molecular weight excluding hydrogens is 324 g/mol. The maximum atomic E-state index is 12.1. The zero-order chi connectivity index (χ0) is 16.8. The standard InChI is InChI=1S/C16H24N6OS/c1-2-21-12-19-20-15(21)11-18-16(23)17-10-13(14-6-5-9-24-14)22-7-3-4-8-22/h5-6,9,12-13H,2-4,7-8,10-11H2,1H3,(H2,17,18,23)/t13-/m1/s1. The van der Waals surface area contributed by atoms with Crippen LogP contribution in [0.15, 0.2) is 23.8 Å². The van der Waals surface area contributed by atoms with E-state index in [0.717, 1.165) is 25.5 Å². The Kier molecular flexibility index (Phi) is 5.81. The van der Waals surface area contributed by atoms with E-state index in [2.05, 4.69) is 43.2 Å². The van der Waals surface area contributed by atoms with Crippen LogP contribution in [0, 0.1) is 0 Å². The molecule has 0 aromatic carbocycles. The van der Waals surface area contributed by atoms with Gasteiger partial charge < -0.3 is 15.2 Å². The summed E-state index contributed by atoms with van der Waals surface area (Å²) < 4.78 is 1.92. The first-order chi connectivity index (χ1) is 11.8. The number of hydrogen-bond donors (Lipinski definition) is 2. The molecule has 2 aromatic rings. The number of urea groups is 1. The van der Waals surface area contributed by atoms with Crippen LogP contribution in [0.25, 0.3) is 0 Å². The van der Waals surface area contributed by atoms with E-state index in [9.17, 15) is 4.79 Å². The smallest absolute Gasteiger partial charge is 0.315 e. The first-order valence-corrected chi connectivity index (χ1v) is 9.31. The highest BCUT2D eigenvalue weighted by atomic mass is 32.1. The van der Waals surface area contributed by atoms with Gasteiger partial charge in [0.05, 0.1) is 12.6 Å². The van der Waals surface area contributed by atoms with Gasteiger partial charge in [-0.25, -0.2) is 4.79 Å². The molecule has 0 saturated carbocycles. The number of aryl methyl sites for hydroxylation is 1. The van der Waals surface area contributed by atoms with Crippen LogP contribution in [-0.2, 0) is 13.1 Å². The van der Waals surface area contributed by atoms with E-state index in [4.69, 9.17) is 0 Å². The largest absolute Gasteiger partial charge is 0.336 e. The highest BCUT2D eigenvalue weighted by Crippen LogP contribution is 2.27. The second-order valence-electron chi connectivity index (χ2n) is 5.87. The van der Waals surface area contributed by atoms with Gasteiger partial charge in [0.25, 0.3) is 0 Å². The van der Waals surface area contributed by atoms with Gasteiger partial charge in [-0.15, -0.1) is 21.5 Å². The van der Waals surface area contributed by atoms with Crippen LogP contribution in [0.5, 0.6) is 0 Å². The van der Waals surface area contributed by atoms with Crippen LogP contribution in [0.2, 0.25) is 0 Å². The maximum absolute atomic E-state index is 12.1. The van der Waals surface area contributed by atoms with Crippen molar-refractivity contribution in [2.75, 3.05) is 19.6 Å². The average Bonchev–Trinajstić information content (AvgIpc) is 3.34. The lowest BCUT2D eigenvalue weighted by Gasteiger charge is -2.26. The summed E-state index contributed by atoms with van der Waals surface area (Å²) in [6.07, 6.45) is 4.15. The number of amides is 2. The zero-order valence-corrected chi connectivity index (χ0v) is 14.8. The van der Waals surface area contributed by atoms with Crippen molar-refractivity contribution in [2.45, 2.75) is 38.9 Å². The molecule has 7 nitrogen and oxygen atoms in total. The summed E-state index contributed by atoms with van der Waals surface area (Å²) in [5, 5.41) is 15.9. The van der Waals surface area contributed by atoms with E-state index in [1.165, 1.54) is 17.7 Å². The summed E-state index contributed by atoms with van der Waals surface area (Å²) >= 11 is 1.75. The Labute approximate surface area is 146 Å². The van der Waals surface area contributed by atoms with E-state index in [1.807, 2.05) is 11.5 Å². The molecule has 1 saturated heterocycles. The minimum absolute atomic E-state index is 0.165. The second kappa shape index (κ2) is 8.25. The Morgan fingerprint density at radius 2 is 2.21 bits per heavy atom. The number of hydrogen-bond acceptors (Lipinski definition) is 5. The third-order valence-corrected chi connectivity index (χ3v) is 5.33. The molecule has 1 fully saturated rings. The van der Waals surface area contributed by atoms with Crippen molar-refractivity contribution < 1.29 is 4.79 Å². The SMILES string of the molecule is CCn1cnnc1CNC(=O)NC[C@H](c1cccs1)N1CCCC1. The van der Waals surface area contributed by atoms with Crippen LogP contribution in [0.1, 0.15) is 36.5 Å². The fourth-order valence-corrected chi connectivity index (χ4v) is 3.90. The minimum atomic E-state index is -0.165. The van der Waals surface area contributed by atoms with Gasteiger partial charge in [-0.3, -0.25) is 4.90 Å². The molecule has 0 unspecified atom stereocenters. The van der Waals surface area contributed by atoms with Gasteiger partial charge in [0.1, 0.15) is 6.33 Å². The van der Waals surface area contributed by atoms with Crippen molar-refractivity contribution in [3.63, 3.8) is 0 Å². The lowest BCUT2D eigenvalue weighted by Crippen LogP contribution is -2.41. The molecule has 3 rings (SSSR count). The third kappa shape index (κ3) is 4.12. The topological polar surface area (TPSA) is 75.1 Å². The Hall–Kier alpha value is -1.93. The molecule has 0 spiro atoms. The molecule has 1 aliphatic rings. The monoisotopic (exact) mass is 348 g/mol. The summed E-state index contributed by atoms with van der Waals surface area (Å²) in [4.78, 5) is 15.9. The summed E-state index contributed by atoms with van der Waals surface area (Å²) in [6.45, 7) is 6.02. The van der Waals surface area contributed by atoms with Gasteiger partial charge in [-0.2, -0.15) is 0 Å². The summed E-state index contributed by atoms with van der Waals surface area (Å²) in [5.74, 6) is 0.766. The van der Waals surface area contributed by atoms with Crippen LogP contribution in [0.4, 0.5) is 4.79 Å². The average molecular weight is 348 g/mol. The van der Waals surface area contributed by atoms with Gasteiger partial charge >= 0.3 is 6.03 Å². The van der Waals surface area contributed by atoms with Gasteiger partial charge in [-0.1, -0.05) is 6.07 Å². The van der Waals surface area contributed by atoms with E-state index >= 15 is 0 Å². The van der Waals surface area contributed by atoms with Crippen molar-refractivity contribution in [3.05, 3.63) is 34.5 Å². The maximum Gasteiger partial charge on any atom is 0.315 e. The normalized spacial score (nSPS) is 16.2. The molecule has 2 N–H and O–H groups in total. The van der Waals surface area contributed by atoms with E-state index in [0.29, 0.717) is 13.1 Å². The Morgan fingerprint density at radius 1 is 1.38 bits per heavy atom. The number of carbonyl (C=O) groups excluding carboxylic acids is 1. The number of nitrogens with one attached hydrogen (secondary N) is 2. The molecule has 3 heterocycles. The van der Waals surface area contributed by atoms with Crippen molar-refractivity contribution in [1.82, 2.24) is 30.3 Å². The number of likely N-dealkylation sites (tertiary alicyclic amines) is 1. The van der Waals surface area contributed by atoms with Gasteiger partial charge in [-0.05, 0) is 44.3 Å². The van der Waals surface area contributed by atoms with Crippen LogP contribution < -0.4 is 10.6 Å². The van der Waals surface area contributed by atoms with Gasteiger partial charge in [0.2, 0.25) is 0 Å². The van der Waals surface area contributed by atoms with E-state index < -0.39 is 0 Å². The minimum Gasteiger partial charge on any atom is -0.336 e. The Balaban J connectivity index is 1.51. The second-order valence-corrected chi connectivity index (χ2v) is 6.85. The Bertz CT molecular complexity index is 635. The van der Waals surface area contributed by atoms with Crippen molar-refractivity contribution in [2.24, 2.45) is 0 Å². The molecule has 24 heavy (non-hydrogen) atoms. The highest BCUT2D eigenvalue weighted by molar-refractivity contribution is 7.10. The molecule has 2 aromatic heterocycles. The summed E-state index contributed by atoms with van der Waals surface area (Å²) in [7, 11) is 0. The number of rotatable bonds is 7. The van der Waals surface area contributed by atoms with Gasteiger partial charge in [0, 0.05) is 18.0 Å². The zero-order valence-electron chi connectivity index (χ0n) is 13.9. The number of carbonyl (C=O) groups is 1. The van der Waals surface area contributed by atoms with Crippen LogP contribution in [0.3, 0.4) is 0 Å². The Morgan fingerprint density at radius 3 is 2.92 bits per heavy atom. The fraction of sp³-hybridized carbons (Fsp3) is 0.562. The lowest BCUT2D eigenvalue weighted by molar-refractivity contribution is 0.222.